The summed E-state index contributed by atoms with van der Waals surface area (Å²) in [5.74, 6) is -1.11. The first-order valence-electron chi connectivity index (χ1n) is 4.61. The van der Waals surface area contributed by atoms with Crippen LogP contribution in [0.4, 0.5) is 8.78 Å². The molecule has 0 amide bonds. The first-order chi connectivity index (χ1) is 7.04. The Hall–Kier alpha value is -0.520. The minimum atomic E-state index is -0.557. The molecule has 1 aromatic rings. The van der Waals surface area contributed by atoms with Crippen LogP contribution in [0.25, 0.3) is 0 Å². The van der Waals surface area contributed by atoms with Crippen molar-refractivity contribution >= 4 is 15.9 Å². The maximum Gasteiger partial charge on any atom is 0.131 e. The zero-order chi connectivity index (χ0) is 11.4. The molecule has 0 aliphatic carbocycles. The third-order valence-electron chi connectivity index (χ3n) is 2.09. The number of nitrogens with one attached hydrogen (secondary N) is 1. The Morgan fingerprint density at radius 2 is 1.93 bits per heavy atom. The van der Waals surface area contributed by atoms with E-state index in [1.54, 1.807) is 0 Å². The van der Waals surface area contributed by atoms with Crippen LogP contribution < -0.4 is 11.1 Å². The topological polar surface area (TPSA) is 38.0 Å². The van der Waals surface area contributed by atoms with Crippen LogP contribution >= 0.6 is 15.9 Å². The largest absolute Gasteiger partial charge is 0.329 e. The van der Waals surface area contributed by atoms with Gasteiger partial charge in [0.15, 0.2) is 0 Å². The highest BCUT2D eigenvalue weighted by Crippen LogP contribution is 2.19. The Bertz CT molecular complexity index is 321. The Labute approximate surface area is 96.0 Å². The van der Waals surface area contributed by atoms with Crippen molar-refractivity contribution < 1.29 is 8.78 Å². The Balaban J connectivity index is 2.77. The van der Waals surface area contributed by atoms with E-state index >= 15 is 0 Å². The Morgan fingerprint density at radius 3 is 2.40 bits per heavy atom. The van der Waals surface area contributed by atoms with E-state index in [4.69, 9.17) is 5.73 Å². The fraction of sp³-hybridized carbons (Fsp3) is 0.400. The molecular weight excluding hydrogens is 266 g/mol. The van der Waals surface area contributed by atoms with Crippen LogP contribution in [0.1, 0.15) is 12.5 Å². The molecule has 0 saturated carbocycles. The van der Waals surface area contributed by atoms with Crippen molar-refractivity contribution in [2.45, 2.75) is 19.5 Å². The zero-order valence-electron chi connectivity index (χ0n) is 8.36. The zero-order valence-corrected chi connectivity index (χ0v) is 9.94. The molecule has 1 rings (SSSR count). The lowest BCUT2D eigenvalue weighted by Gasteiger charge is -2.12. The third kappa shape index (κ3) is 3.52. The van der Waals surface area contributed by atoms with Gasteiger partial charge in [-0.3, -0.25) is 0 Å². The normalized spacial score (nSPS) is 12.9. The molecule has 84 valence electrons. The molecule has 0 heterocycles. The molecule has 0 aliphatic rings. The van der Waals surface area contributed by atoms with Gasteiger partial charge in [-0.2, -0.15) is 0 Å². The lowest BCUT2D eigenvalue weighted by Crippen LogP contribution is -2.33. The molecule has 1 aromatic carbocycles. The number of hydrogen-bond acceptors (Lipinski definition) is 2. The predicted octanol–water partition coefficient (Wildman–Crippen LogP) is 2.16. The van der Waals surface area contributed by atoms with E-state index < -0.39 is 11.6 Å². The van der Waals surface area contributed by atoms with Gasteiger partial charge in [-0.1, -0.05) is 15.9 Å². The molecule has 0 bridgehead atoms. The average molecular weight is 279 g/mol. The minimum Gasteiger partial charge on any atom is -0.329 e. The summed E-state index contributed by atoms with van der Waals surface area (Å²) in [6.45, 7) is 2.43. The van der Waals surface area contributed by atoms with Crippen LogP contribution in [0.5, 0.6) is 0 Å². The van der Waals surface area contributed by atoms with E-state index in [1.807, 2.05) is 6.92 Å². The van der Waals surface area contributed by atoms with Gasteiger partial charge in [0, 0.05) is 29.2 Å². The van der Waals surface area contributed by atoms with E-state index in [-0.39, 0.29) is 18.2 Å². The molecule has 0 spiro atoms. The number of rotatable bonds is 4. The monoisotopic (exact) mass is 278 g/mol. The molecule has 0 fully saturated rings. The molecule has 0 radical (unpaired) electrons. The number of hydrogen-bond donors (Lipinski definition) is 2. The summed E-state index contributed by atoms with van der Waals surface area (Å²) < 4.78 is 27.0. The van der Waals surface area contributed by atoms with Crippen molar-refractivity contribution in [1.29, 1.82) is 0 Å². The van der Waals surface area contributed by atoms with Gasteiger partial charge in [0.1, 0.15) is 11.6 Å². The summed E-state index contributed by atoms with van der Waals surface area (Å²) in [4.78, 5) is 0. The second-order valence-corrected chi connectivity index (χ2v) is 4.28. The SMILES string of the molecule is C[C@H](CN)NCc1c(F)cc(Br)cc1F. The first kappa shape index (κ1) is 12.5. The summed E-state index contributed by atoms with van der Waals surface area (Å²) in [5.41, 5.74) is 5.42. The van der Waals surface area contributed by atoms with E-state index in [0.29, 0.717) is 11.0 Å². The number of halogens is 3. The Kier molecular flexibility index (Phi) is 4.63. The first-order valence-corrected chi connectivity index (χ1v) is 5.40. The smallest absolute Gasteiger partial charge is 0.131 e. The third-order valence-corrected chi connectivity index (χ3v) is 2.54. The summed E-state index contributed by atoms with van der Waals surface area (Å²) in [6, 6.07) is 2.52. The average Bonchev–Trinajstić information content (AvgIpc) is 2.15. The van der Waals surface area contributed by atoms with Crippen molar-refractivity contribution in [3.63, 3.8) is 0 Å². The van der Waals surface area contributed by atoms with Gasteiger partial charge in [0.2, 0.25) is 0 Å². The highest BCUT2D eigenvalue weighted by molar-refractivity contribution is 9.10. The maximum absolute atomic E-state index is 13.3. The molecule has 0 aliphatic heterocycles. The molecule has 15 heavy (non-hydrogen) atoms. The summed E-state index contributed by atoms with van der Waals surface area (Å²) in [7, 11) is 0. The Morgan fingerprint density at radius 1 is 1.40 bits per heavy atom. The van der Waals surface area contributed by atoms with Gasteiger partial charge in [0.25, 0.3) is 0 Å². The van der Waals surface area contributed by atoms with Crippen molar-refractivity contribution in [1.82, 2.24) is 5.32 Å². The highest BCUT2D eigenvalue weighted by Gasteiger charge is 2.10. The van der Waals surface area contributed by atoms with E-state index in [1.165, 1.54) is 12.1 Å². The minimum absolute atomic E-state index is 0.0347. The van der Waals surface area contributed by atoms with Gasteiger partial charge >= 0.3 is 0 Å². The van der Waals surface area contributed by atoms with Crippen molar-refractivity contribution in [2.75, 3.05) is 6.54 Å². The molecule has 0 unspecified atom stereocenters. The van der Waals surface area contributed by atoms with Crippen molar-refractivity contribution in [3.8, 4) is 0 Å². The van der Waals surface area contributed by atoms with Gasteiger partial charge < -0.3 is 11.1 Å². The van der Waals surface area contributed by atoms with Gasteiger partial charge in [0.05, 0.1) is 0 Å². The molecule has 0 saturated heterocycles. The second-order valence-electron chi connectivity index (χ2n) is 3.37. The predicted molar refractivity (Wildman–Crippen MR) is 59.4 cm³/mol. The van der Waals surface area contributed by atoms with E-state index in [0.717, 1.165) is 0 Å². The highest BCUT2D eigenvalue weighted by atomic mass is 79.9. The quantitative estimate of drug-likeness (QED) is 0.886. The molecule has 0 aromatic heterocycles. The molecule has 5 heteroatoms. The van der Waals surface area contributed by atoms with Crippen LogP contribution in [0.3, 0.4) is 0 Å². The van der Waals surface area contributed by atoms with Crippen LogP contribution in [0.2, 0.25) is 0 Å². The summed E-state index contributed by atoms with van der Waals surface area (Å²) in [5, 5.41) is 2.93. The standard InChI is InChI=1S/C10H13BrF2N2/c1-6(4-14)15-5-8-9(12)2-7(11)3-10(8)13/h2-3,6,15H,4-5,14H2,1H3/t6-/m1/s1. The van der Waals surface area contributed by atoms with Gasteiger partial charge in [-0.25, -0.2) is 8.78 Å². The summed E-state index contributed by atoms with van der Waals surface area (Å²) >= 11 is 3.02. The fourth-order valence-corrected chi connectivity index (χ4v) is 1.50. The lowest BCUT2D eigenvalue weighted by molar-refractivity contribution is 0.503. The van der Waals surface area contributed by atoms with Gasteiger partial charge in [-0.05, 0) is 19.1 Å². The van der Waals surface area contributed by atoms with Crippen LogP contribution in [0, 0.1) is 11.6 Å². The summed E-state index contributed by atoms with van der Waals surface area (Å²) in [6.07, 6.45) is 0. The molecule has 2 nitrogen and oxygen atoms in total. The fourth-order valence-electron chi connectivity index (χ4n) is 1.10. The maximum atomic E-state index is 13.3. The van der Waals surface area contributed by atoms with Crippen LogP contribution in [0.15, 0.2) is 16.6 Å². The lowest BCUT2D eigenvalue weighted by atomic mass is 10.2. The molecule has 3 N–H and O–H groups in total. The van der Waals surface area contributed by atoms with E-state index in [9.17, 15) is 8.78 Å². The van der Waals surface area contributed by atoms with Crippen molar-refractivity contribution in [2.24, 2.45) is 5.73 Å². The molecule has 1 atom stereocenters. The number of benzene rings is 1. The van der Waals surface area contributed by atoms with Crippen LogP contribution in [-0.2, 0) is 6.54 Å². The van der Waals surface area contributed by atoms with Crippen LogP contribution in [-0.4, -0.2) is 12.6 Å². The van der Waals surface area contributed by atoms with Gasteiger partial charge in [-0.15, -0.1) is 0 Å². The number of nitrogens with two attached hydrogens (primary N) is 1. The van der Waals surface area contributed by atoms with E-state index in [2.05, 4.69) is 21.2 Å². The van der Waals surface area contributed by atoms with Crippen molar-refractivity contribution in [3.05, 3.63) is 33.8 Å². The molecular formula is C10H13BrF2N2. The second kappa shape index (κ2) is 5.53.